The van der Waals surface area contributed by atoms with Gasteiger partial charge in [0, 0.05) is 46.3 Å². The molecule has 1 aliphatic heterocycles. The minimum Gasteiger partial charge on any atom is -0.379 e. The van der Waals surface area contributed by atoms with Gasteiger partial charge in [0.05, 0.1) is 12.7 Å². The molecule has 1 saturated heterocycles. The lowest BCUT2D eigenvalue weighted by atomic mass is 10.0. The number of carbonyl (C=O) groups is 1. The smallest absolute Gasteiger partial charge is 0.220 e. The number of carbonyl (C=O) groups excluding carboxylic acids is 1. The van der Waals surface area contributed by atoms with Gasteiger partial charge in [0.15, 0.2) is 5.96 Å². The minimum atomic E-state index is 0. The van der Waals surface area contributed by atoms with E-state index in [-0.39, 0.29) is 29.9 Å². The molecule has 1 heterocycles. The summed E-state index contributed by atoms with van der Waals surface area (Å²) in [6.45, 7) is 4.40. The van der Waals surface area contributed by atoms with Crippen LogP contribution in [0.15, 0.2) is 4.99 Å². The van der Waals surface area contributed by atoms with Crippen LogP contribution < -0.4 is 16.0 Å². The van der Waals surface area contributed by atoms with Gasteiger partial charge in [0.2, 0.25) is 5.91 Å². The molecule has 1 amide bonds. The van der Waals surface area contributed by atoms with Gasteiger partial charge in [0.25, 0.3) is 0 Å². The van der Waals surface area contributed by atoms with Crippen LogP contribution in [-0.2, 0) is 14.3 Å². The Kier molecular flexibility index (Phi) is 13.9. The Bertz CT molecular complexity index is 425. The molecule has 1 saturated carbocycles. The number of nitrogens with one attached hydrogen (secondary N) is 3. The minimum absolute atomic E-state index is 0. The van der Waals surface area contributed by atoms with Crippen LogP contribution in [0.1, 0.15) is 51.4 Å². The second-order valence-electron chi connectivity index (χ2n) is 7.19. The predicted molar refractivity (Wildman–Crippen MR) is 119 cm³/mol. The van der Waals surface area contributed by atoms with Gasteiger partial charge in [-0.1, -0.05) is 12.8 Å². The second-order valence-corrected chi connectivity index (χ2v) is 7.19. The molecule has 7 nitrogen and oxygen atoms in total. The fourth-order valence-electron chi connectivity index (χ4n) is 3.52. The van der Waals surface area contributed by atoms with Crippen LogP contribution in [0.25, 0.3) is 0 Å². The molecular formula is C19H37IN4O3. The van der Waals surface area contributed by atoms with Crippen LogP contribution in [0, 0.1) is 5.92 Å². The van der Waals surface area contributed by atoms with Crippen molar-refractivity contribution in [3.63, 3.8) is 0 Å². The molecular weight excluding hydrogens is 459 g/mol. The molecule has 2 aliphatic rings. The van der Waals surface area contributed by atoms with E-state index in [2.05, 4.69) is 20.9 Å². The molecule has 0 aromatic carbocycles. The Balaban J connectivity index is 0.00000364. The van der Waals surface area contributed by atoms with Crippen molar-refractivity contribution >= 4 is 35.8 Å². The highest BCUT2D eigenvalue weighted by Gasteiger charge is 2.18. The third-order valence-electron chi connectivity index (χ3n) is 5.00. The zero-order valence-corrected chi connectivity index (χ0v) is 19.0. The molecule has 27 heavy (non-hydrogen) atoms. The molecule has 0 radical (unpaired) electrons. The SMILES string of the molecule is CN=C(NCCCOCC1CCCO1)NCCNC(=O)CC1CCCC1.I. The maximum Gasteiger partial charge on any atom is 0.220 e. The summed E-state index contributed by atoms with van der Waals surface area (Å²) in [6, 6.07) is 0. The molecule has 1 atom stereocenters. The first kappa shape index (κ1) is 24.4. The number of guanidine groups is 1. The van der Waals surface area contributed by atoms with Crippen LogP contribution in [0.3, 0.4) is 0 Å². The largest absolute Gasteiger partial charge is 0.379 e. The lowest BCUT2D eigenvalue weighted by molar-refractivity contribution is -0.121. The third-order valence-corrected chi connectivity index (χ3v) is 5.00. The normalized spacial score (nSPS) is 20.3. The van der Waals surface area contributed by atoms with Crippen molar-refractivity contribution < 1.29 is 14.3 Å². The summed E-state index contributed by atoms with van der Waals surface area (Å²) in [7, 11) is 1.75. The Morgan fingerprint density at radius 2 is 1.81 bits per heavy atom. The van der Waals surface area contributed by atoms with Gasteiger partial charge in [-0.25, -0.2) is 0 Å². The number of halogens is 1. The first-order valence-electron chi connectivity index (χ1n) is 10.2. The number of ether oxygens (including phenoxy) is 2. The van der Waals surface area contributed by atoms with Crippen LogP contribution in [0.5, 0.6) is 0 Å². The molecule has 0 aromatic heterocycles. The summed E-state index contributed by atoms with van der Waals surface area (Å²) in [5.41, 5.74) is 0. The summed E-state index contributed by atoms with van der Waals surface area (Å²) < 4.78 is 11.2. The van der Waals surface area contributed by atoms with Crippen molar-refractivity contribution in [1.82, 2.24) is 16.0 Å². The Labute approximate surface area is 180 Å². The summed E-state index contributed by atoms with van der Waals surface area (Å²) in [4.78, 5) is 16.1. The number of nitrogens with zero attached hydrogens (tertiary/aromatic N) is 1. The number of aliphatic imine (C=N–C) groups is 1. The summed E-state index contributed by atoms with van der Waals surface area (Å²) in [5, 5.41) is 9.46. The van der Waals surface area contributed by atoms with Crippen molar-refractivity contribution in [3.05, 3.63) is 0 Å². The van der Waals surface area contributed by atoms with Gasteiger partial charge >= 0.3 is 0 Å². The summed E-state index contributed by atoms with van der Waals surface area (Å²) in [6.07, 6.45) is 9.14. The third kappa shape index (κ3) is 11.1. The molecule has 0 spiro atoms. The van der Waals surface area contributed by atoms with Crippen molar-refractivity contribution in [2.75, 3.05) is 46.5 Å². The molecule has 0 bridgehead atoms. The summed E-state index contributed by atoms with van der Waals surface area (Å²) >= 11 is 0. The van der Waals surface area contributed by atoms with Gasteiger partial charge in [-0.05, 0) is 38.0 Å². The zero-order valence-electron chi connectivity index (χ0n) is 16.6. The predicted octanol–water partition coefficient (Wildman–Crippen LogP) is 2.05. The summed E-state index contributed by atoms with van der Waals surface area (Å²) in [5.74, 6) is 1.53. The van der Waals surface area contributed by atoms with Crippen molar-refractivity contribution in [3.8, 4) is 0 Å². The fourth-order valence-corrected chi connectivity index (χ4v) is 3.52. The Morgan fingerprint density at radius 1 is 1.07 bits per heavy atom. The zero-order chi connectivity index (χ0) is 18.5. The second kappa shape index (κ2) is 15.3. The van der Waals surface area contributed by atoms with E-state index in [1.807, 2.05) is 0 Å². The topological polar surface area (TPSA) is 84.0 Å². The van der Waals surface area contributed by atoms with Crippen molar-refractivity contribution in [2.24, 2.45) is 10.9 Å². The molecule has 1 unspecified atom stereocenters. The lowest BCUT2D eigenvalue weighted by Crippen LogP contribution is -2.42. The molecule has 3 N–H and O–H groups in total. The monoisotopic (exact) mass is 496 g/mol. The van der Waals surface area contributed by atoms with E-state index in [1.54, 1.807) is 7.05 Å². The van der Waals surface area contributed by atoms with Gasteiger partial charge in [-0.2, -0.15) is 0 Å². The lowest BCUT2D eigenvalue weighted by Gasteiger charge is -2.14. The molecule has 2 rings (SSSR count). The van der Waals surface area contributed by atoms with Gasteiger partial charge in [0.1, 0.15) is 0 Å². The number of amides is 1. The van der Waals surface area contributed by atoms with E-state index in [0.29, 0.717) is 38.1 Å². The maximum atomic E-state index is 11.9. The van der Waals surface area contributed by atoms with Gasteiger partial charge in [-0.3, -0.25) is 9.79 Å². The quantitative estimate of drug-likeness (QED) is 0.177. The van der Waals surface area contributed by atoms with Crippen LogP contribution in [-0.4, -0.2) is 64.5 Å². The molecule has 1 aliphatic carbocycles. The van der Waals surface area contributed by atoms with E-state index in [1.165, 1.54) is 25.7 Å². The van der Waals surface area contributed by atoms with Gasteiger partial charge in [-0.15, -0.1) is 24.0 Å². The van der Waals surface area contributed by atoms with Crippen LogP contribution in [0.4, 0.5) is 0 Å². The molecule has 158 valence electrons. The fraction of sp³-hybridized carbons (Fsp3) is 0.895. The average Bonchev–Trinajstić information content (AvgIpc) is 3.33. The van der Waals surface area contributed by atoms with Crippen LogP contribution >= 0.6 is 24.0 Å². The highest BCUT2D eigenvalue weighted by atomic mass is 127. The van der Waals surface area contributed by atoms with Gasteiger partial charge < -0.3 is 25.4 Å². The van der Waals surface area contributed by atoms with E-state index < -0.39 is 0 Å². The van der Waals surface area contributed by atoms with E-state index in [9.17, 15) is 4.79 Å². The first-order valence-corrected chi connectivity index (χ1v) is 10.2. The number of hydrogen-bond donors (Lipinski definition) is 3. The Morgan fingerprint density at radius 3 is 2.52 bits per heavy atom. The van der Waals surface area contributed by atoms with Crippen molar-refractivity contribution in [1.29, 1.82) is 0 Å². The molecule has 2 fully saturated rings. The average molecular weight is 496 g/mol. The Hall–Kier alpha value is -0.610. The standard InChI is InChI=1S/C19H36N4O3.HI/c1-20-19(22-9-5-12-25-15-17-8-4-13-26-17)23-11-10-21-18(24)14-16-6-2-3-7-16;/h16-17H,2-15H2,1H3,(H,21,24)(H2,20,22,23);1H. The number of hydrogen-bond acceptors (Lipinski definition) is 4. The molecule has 0 aromatic rings. The van der Waals surface area contributed by atoms with Crippen molar-refractivity contribution in [2.45, 2.75) is 57.5 Å². The van der Waals surface area contributed by atoms with E-state index in [0.717, 1.165) is 45.0 Å². The van der Waals surface area contributed by atoms with E-state index >= 15 is 0 Å². The maximum absolute atomic E-state index is 11.9. The van der Waals surface area contributed by atoms with Crippen LogP contribution in [0.2, 0.25) is 0 Å². The van der Waals surface area contributed by atoms with E-state index in [4.69, 9.17) is 9.47 Å². The highest BCUT2D eigenvalue weighted by molar-refractivity contribution is 14.0. The highest BCUT2D eigenvalue weighted by Crippen LogP contribution is 2.27. The number of rotatable bonds is 11. The first-order chi connectivity index (χ1) is 12.8. The molecule has 8 heteroatoms.